The normalized spacial score (nSPS) is 18.5. The molecule has 80 valence electrons. The van der Waals surface area contributed by atoms with E-state index >= 15 is 0 Å². The van der Waals surface area contributed by atoms with E-state index in [-0.39, 0.29) is 0 Å². The van der Waals surface area contributed by atoms with Crippen LogP contribution in [0.4, 0.5) is 0 Å². The Morgan fingerprint density at radius 1 is 1.57 bits per heavy atom. The molecule has 0 unspecified atom stereocenters. The summed E-state index contributed by atoms with van der Waals surface area (Å²) in [4.78, 5) is 0. The van der Waals surface area contributed by atoms with Crippen molar-refractivity contribution in [3.63, 3.8) is 0 Å². The van der Waals surface area contributed by atoms with Gasteiger partial charge in [-0.2, -0.15) is 0 Å². The van der Waals surface area contributed by atoms with Gasteiger partial charge < -0.3 is 0 Å². The zero-order valence-corrected chi connectivity index (χ0v) is 11.1. The molecule has 14 heavy (non-hydrogen) atoms. The predicted molar refractivity (Wildman–Crippen MR) is 52.8 cm³/mol. The first-order valence-electron chi connectivity index (χ1n) is 4.00. The van der Waals surface area contributed by atoms with Crippen LogP contribution in [0.25, 0.3) is 0 Å². The number of hydrogen-bond acceptors (Lipinski definition) is 3. The molecule has 1 N–H and O–H groups in total. The Labute approximate surface area is 99.1 Å². The third-order valence-electron chi connectivity index (χ3n) is 1.69. The van der Waals surface area contributed by atoms with E-state index in [1.54, 1.807) is 27.0 Å². The first kappa shape index (κ1) is 12.0. The summed E-state index contributed by atoms with van der Waals surface area (Å²) in [6.07, 6.45) is 1.66. The van der Waals surface area contributed by atoms with Gasteiger partial charge in [-0.15, -0.1) is 0 Å². The molecule has 1 heterocycles. The van der Waals surface area contributed by atoms with E-state index in [0.717, 1.165) is 0 Å². The maximum atomic E-state index is 9.90. The van der Waals surface area contributed by atoms with Crippen LogP contribution in [0.2, 0.25) is 0 Å². The van der Waals surface area contributed by atoms with Gasteiger partial charge in [-0.05, 0) is 0 Å². The summed E-state index contributed by atoms with van der Waals surface area (Å²) in [7, 11) is 1.58. The Hall–Kier alpha value is -0.0700. The van der Waals surface area contributed by atoms with Crippen molar-refractivity contribution in [2.24, 2.45) is 3.21 Å². The molecule has 0 saturated heterocycles. The van der Waals surface area contributed by atoms with Crippen LogP contribution in [0.5, 0.6) is 0 Å². The Morgan fingerprint density at radius 2 is 2.21 bits per heavy atom. The number of aliphatic hydroxyl groups is 1. The summed E-state index contributed by atoms with van der Waals surface area (Å²) >= 11 is 5.38. The van der Waals surface area contributed by atoms with E-state index in [4.69, 9.17) is 16.3 Å². The summed E-state index contributed by atoms with van der Waals surface area (Å²) in [6, 6.07) is 0. The molecule has 5 heteroatoms. The second-order valence-corrected chi connectivity index (χ2v) is 5.35. The number of rotatable bonds is 2. The van der Waals surface area contributed by atoms with Crippen molar-refractivity contribution in [1.29, 1.82) is 0 Å². The van der Waals surface area contributed by atoms with Gasteiger partial charge in [-0.3, -0.25) is 0 Å². The fourth-order valence-electron chi connectivity index (χ4n) is 1.02. The molecule has 0 saturated carbocycles. The third-order valence-corrected chi connectivity index (χ3v) is 3.81. The van der Waals surface area contributed by atoms with Crippen molar-refractivity contribution in [3.05, 3.63) is 21.5 Å². The van der Waals surface area contributed by atoms with Gasteiger partial charge in [-0.1, -0.05) is 0 Å². The number of methoxy groups -OCH3 is 1. The Bertz CT molecular complexity index is 315. The van der Waals surface area contributed by atoms with Gasteiger partial charge in [0.05, 0.1) is 0 Å². The van der Waals surface area contributed by atoms with E-state index in [0.29, 0.717) is 16.5 Å². The van der Waals surface area contributed by atoms with Crippen molar-refractivity contribution in [3.8, 4) is 0 Å². The van der Waals surface area contributed by atoms with Crippen LogP contribution in [0, 0.1) is 0 Å². The average Bonchev–Trinajstić information content (AvgIpc) is 2.25. The summed E-state index contributed by atoms with van der Waals surface area (Å²) < 4.78 is 11.2. The molecule has 1 aliphatic heterocycles. The topological polar surface area (TPSA) is 41.8 Å². The van der Waals surface area contributed by atoms with Crippen molar-refractivity contribution >= 4 is 16.8 Å². The number of nitrogens with zero attached hydrogens (tertiary/aromatic N) is 1. The zero-order chi connectivity index (χ0) is 10.8. The van der Waals surface area contributed by atoms with Gasteiger partial charge in [0.1, 0.15) is 0 Å². The molecular weight excluding hydrogens is 316 g/mol. The number of allylic oxidation sites excluding steroid dienone is 1. The number of hydrogen-bond donors (Lipinski definition) is 1. The third kappa shape index (κ3) is 2.96. The molecule has 0 aliphatic carbocycles. The first-order chi connectivity index (χ1) is 6.45. The quantitative estimate of drug-likeness (QED) is 0.649. The SMILES string of the molecule is COC1=C[I-]N=C(Cl)C=C1C(C)(C)O. The Balaban J connectivity index is 3.12. The van der Waals surface area contributed by atoms with E-state index in [1.165, 1.54) is 0 Å². The maximum absolute atomic E-state index is 9.90. The predicted octanol–water partition coefficient (Wildman–Crippen LogP) is -1.17. The number of ether oxygens (including phenoxy) is 1. The van der Waals surface area contributed by atoms with Crippen LogP contribution < -0.4 is 21.5 Å². The molecule has 1 rings (SSSR count). The fourth-order valence-corrected chi connectivity index (χ4v) is 2.77. The summed E-state index contributed by atoms with van der Waals surface area (Å²) in [5.74, 6) is 0.671. The van der Waals surface area contributed by atoms with E-state index in [1.807, 2.05) is 4.08 Å². The minimum absolute atomic E-state index is 0.429. The fraction of sp³-hybridized carbons (Fsp3) is 0.444. The van der Waals surface area contributed by atoms with E-state index in [2.05, 4.69) is 3.21 Å². The molecule has 3 nitrogen and oxygen atoms in total. The van der Waals surface area contributed by atoms with Gasteiger partial charge >= 0.3 is 99.3 Å². The van der Waals surface area contributed by atoms with E-state index < -0.39 is 27.1 Å². The van der Waals surface area contributed by atoms with Gasteiger partial charge in [0, 0.05) is 0 Å². The van der Waals surface area contributed by atoms with Gasteiger partial charge in [-0.25, -0.2) is 0 Å². The molecule has 0 aromatic heterocycles. The van der Waals surface area contributed by atoms with Crippen LogP contribution in [0.15, 0.2) is 24.7 Å². The van der Waals surface area contributed by atoms with Crippen molar-refractivity contribution < 1.29 is 31.3 Å². The molecule has 0 amide bonds. The Morgan fingerprint density at radius 3 is 2.71 bits per heavy atom. The average molecular weight is 329 g/mol. The molecular formula is C9H12ClINO2-. The summed E-state index contributed by atoms with van der Waals surface area (Å²) in [6.45, 7) is 3.39. The number of halogens is 2. The second-order valence-electron chi connectivity index (χ2n) is 3.30. The van der Waals surface area contributed by atoms with Crippen molar-refractivity contribution in [2.75, 3.05) is 7.11 Å². The van der Waals surface area contributed by atoms with Crippen LogP contribution >= 0.6 is 11.6 Å². The molecule has 0 bridgehead atoms. The van der Waals surface area contributed by atoms with Crippen molar-refractivity contribution in [1.82, 2.24) is 0 Å². The van der Waals surface area contributed by atoms with Crippen LogP contribution in [0.1, 0.15) is 13.8 Å². The molecule has 0 radical (unpaired) electrons. The van der Waals surface area contributed by atoms with Crippen LogP contribution in [-0.4, -0.2) is 23.0 Å². The second kappa shape index (κ2) is 4.63. The summed E-state index contributed by atoms with van der Waals surface area (Å²) in [5, 5.41) is 10.3. The molecule has 0 aromatic carbocycles. The molecule has 0 aromatic rings. The molecule has 1 aliphatic rings. The molecule has 0 spiro atoms. The molecule has 0 fully saturated rings. The Kier molecular flexibility index (Phi) is 3.97. The molecule has 0 atom stereocenters. The van der Waals surface area contributed by atoms with Crippen molar-refractivity contribution in [2.45, 2.75) is 19.4 Å². The standard InChI is InChI=1S/C9H12ClINO2/c1-9(2,13)6-4-8(10)12-11-5-7(6)14-3/h4-5,13H,1-3H3/q-1. The van der Waals surface area contributed by atoms with Crippen LogP contribution in [-0.2, 0) is 4.74 Å². The summed E-state index contributed by atoms with van der Waals surface area (Å²) in [5.41, 5.74) is -0.295. The minimum atomic E-state index is -0.967. The van der Waals surface area contributed by atoms with Crippen LogP contribution in [0.3, 0.4) is 0 Å². The first-order valence-corrected chi connectivity index (χ1v) is 6.59. The van der Waals surface area contributed by atoms with Gasteiger partial charge in [0.25, 0.3) is 0 Å². The van der Waals surface area contributed by atoms with E-state index in [9.17, 15) is 5.11 Å². The monoisotopic (exact) mass is 328 g/mol. The van der Waals surface area contributed by atoms with Gasteiger partial charge in [0.2, 0.25) is 0 Å². The van der Waals surface area contributed by atoms with Gasteiger partial charge in [0.15, 0.2) is 0 Å². The zero-order valence-electron chi connectivity index (χ0n) is 8.21.